The third kappa shape index (κ3) is 6.16. The molecule has 2 aromatic rings. The van der Waals surface area contributed by atoms with Crippen molar-refractivity contribution in [3.8, 4) is 5.75 Å². The Hall–Kier alpha value is -2.39. The molecule has 6 heteroatoms. The fraction of sp³-hybridized carbons (Fsp3) is 0.300. The number of carbonyl (C=O) groups excluding carboxylic acids is 2. The van der Waals surface area contributed by atoms with Crippen molar-refractivity contribution in [1.82, 2.24) is 4.90 Å². The molecule has 0 aliphatic rings. The van der Waals surface area contributed by atoms with Gasteiger partial charge in [0.05, 0.1) is 12.3 Å². The molecule has 0 radical (unpaired) electrons. The van der Waals surface area contributed by atoms with E-state index in [1.165, 1.54) is 4.90 Å². The van der Waals surface area contributed by atoms with Crippen molar-refractivity contribution >= 4 is 21.1 Å². The van der Waals surface area contributed by atoms with Crippen LogP contribution in [-0.4, -0.2) is 40.7 Å². The quantitative estimate of drug-likeness (QED) is 0.571. The van der Waals surface area contributed by atoms with Gasteiger partial charge in [0.1, 0.15) is 12.3 Å². The molecule has 0 heterocycles. The van der Waals surface area contributed by atoms with Crippen LogP contribution >= 0.6 is 9.24 Å². The predicted molar refractivity (Wildman–Crippen MR) is 104 cm³/mol. The molecule has 0 spiro atoms. The highest BCUT2D eigenvalue weighted by Crippen LogP contribution is 2.17. The monoisotopic (exact) mass is 373 g/mol. The van der Waals surface area contributed by atoms with Crippen LogP contribution in [0.25, 0.3) is 0 Å². The Morgan fingerprint density at radius 3 is 2.35 bits per heavy atom. The van der Waals surface area contributed by atoms with Crippen LogP contribution < -0.4 is 0 Å². The molecule has 0 fully saturated rings. The van der Waals surface area contributed by atoms with Gasteiger partial charge in [0.15, 0.2) is 0 Å². The zero-order valence-electron chi connectivity index (χ0n) is 14.8. The molecule has 0 bridgehead atoms. The highest BCUT2D eigenvalue weighted by molar-refractivity contribution is 7.19. The second kappa shape index (κ2) is 9.93. The Morgan fingerprint density at radius 1 is 1.08 bits per heavy atom. The first kappa shape index (κ1) is 19.9. The van der Waals surface area contributed by atoms with E-state index in [1.54, 1.807) is 31.2 Å². The van der Waals surface area contributed by atoms with Crippen LogP contribution in [0.5, 0.6) is 5.75 Å². The molecule has 0 aromatic heterocycles. The summed E-state index contributed by atoms with van der Waals surface area (Å²) < 4.78 is 5.00. The van der Waals surface area contributed by atoms with E-state index in [9.17, 15) is 14.7 Å². The number of aromatic hydroxyl groups is 1. The van der Waals surface area contributed by atoms with Crippen LogP contribution in [0.15, 0.2) is 54.6 Å². The zero-order chi connectivity index (χ0) is 18.9. The SMILES string of the molecule is CCOC(=O)CN(Cc1ccccc1)C(=O)[C@H](P)Cc1ccc(O)cc1. The lowest BCUT2D eigenvalue weighted by Gasteiger charge is -2.25. The summed E-state index contributed by atoms with van der Waals surface area (Å²) in [5.74, 6) is -0.369. The Kier molecular flexibility index (Phi) is 7.61. The van der Waals surface area contributed by atoms with Crippen LogP contribution in [0.4, 0.5) is 0 Å². The minimum Gasteiger partial charge on any atom is -0.508 e. The van der Waals surface area contributed by atoms with Gasteiger partial charge in [-0.2, -0.15) is 0 Å². The maximum atomic E-state index is 12.9. The first-order chi connectivity index (χ1) is 12.5. The van der Waals surface area contributed by atoms with Crippen molar-refractivity contribution < 1.29 is 19.4 Å². The number of rotatable bonds is 8. The summed E-state index contributed by atoms with van der Waals surface area (Å²) in [6, 6.07) is 16.3. The summed E-state index contributed by atoms with van der Waals surface area (Å²) in [6.45, 7) is 2.29. The zero-order valence-corrected chi connectivity index (χ0v) is 16.0. The Morgan fingerprint density at radius 2 is 1.73 bits per heavy atom. The number of benzene rings is 2. The van der Waals surface area contributed by atoms with Crippen LogP contribution in [0.3, 0.4) is 0 Å². The van der Waals surface area contributed by atoms with Crippen molar-refractivity contribution in [2.24, 2.45) is 0 Å². The number of nitrogens with zero attached hydrogens (tertiary/aromatic N) is 1. The predicted octanol–water partition coefficient (Wildman–Crippen LogP) is 2.77. The summed E-state index contributed by atoms with van der Waals surface area (Å²) in [5, 5.41) is 9.37. The Labute approximate surface area is 156 Å². The number of amides is 1. The van der Waals surface area contributed by atoms with Gasteiger partial charge in [-0.25, -0.2) is 0 Å². The number of hydrogen-bond acceptors (Lipinski definition) is 4. The lowest BCUT2D eigenvalue weighted by Crippen LogP contribution is -2.40. The van der Waals surface area contributed by atoms with Crippen molar-refractivity contribution in [3.05, 3.63) is 65.7 Å². The van der Waals surface area contributed by atoms with Crippen molar-refractivity contribution in [3.63, 3.8) is 0 Å². The van der Waals surface area contributed by atoms with E-state index in [4.69, 9.17) is 4.74 Å². The highest BCUT2D eigenvalue weighted by Gasteiger charge is 2.24. The van der Waals surface area contributed by atoms with Gasteiger partial charge in [0, 0.05) is 6.54 Å². The molecule has 2 rings (SSSR count). The number of ether oxygens (including phenoxy) is 1. The first-order valence-electron chi connectivity index (χ1n) is 8.51. The number of phenols is 1. The normalized spacial score (nSPS) is 11.6. The molecular formula is C20H24NO4P. The second-order valence-electron chi connectivity index (χ2n) is 5.96. The van der Waals surface area contributed by atoms with E-state index in [1.807, 2.05) is 30.3 Å². The van der Waals surface area contributed by atoms with Gasteiger partial charge in [-0.05, 0) is 36.6 Å². The van der Waals surface area contributed by atoms with Crippen LogP contribution in [0, 0.1) is 0 Å². The van der Waals surface area contributed by atoms with Gasteiger partial charge in [0.2, 0.25) is 5.91 Å². The summed E-state index contributed by atoms with van der Waals surface area (Å²) in [6.07, 6.45) is 0.498. The standard InChI is InChI=1S/C20H24NO4P/c1-2-25-19(23)14-21(13-16-6-4-3-5-7-16)20(24)18(26)12-15-8-10-17(22)11-9-15/h3-11,18,22H,2,12-14,26H2,1H3/t18-/m1/s1. The van der Waals surface area contributed by atoms with E-state index in [-0.39, 0.29) is 30.5 Å². The minimum absolute atomic E-state index is 0.0813. The maximum absolute atomic E-state index is 12.9. The van der Waals surface area contributed by atoms with Crippen LogP contribution in [0.2, 0.25) is 0 Å². The summed E-state index contributed by atoms with van der Waals surface area (Å²) in [4.78, 5) is 26.3. The van der Waals surface area contributed by atoms with Crippen LogP contribution in [-0.2, 0) is 27.3 Å². The number of carbonyl (C=O) groups is 2. The molecule has 0 aliphatic heterocycles. The average molecular weight is 373 g/mol. The molecule has 0 saturated carbocycles. The molecule has 2 atom stereocenters. The van der Waals surface area contributed by atoms with Crippen molar-refractivity contribution in [1.29, 1.82) is 0 Å². The van der Waals surface area contributed by atoms with Gasteiger partial charge >= 0.3 is 5.97 Å². The molecule has 1 unspecified atom stereocenters. The lowest BCUT2D eigenvalue weighted by molar-refractivity contribution is -0.149. The average Bonchev–Trinajstić information content (AvgIpc) is 2.63. The largest absolute Gasteiger partial charge is 0.508 e. The van der Waals surface area contributed by atoms with Gasteiger partial charge in [-0.3, -0.25) is 9.59 Å². The van der Waals surface area contributed by atoms with E-state index in [0.29, 0.717) is 13.0 Å². The first-order valence-corrected chi connectivity index (χ1v) is 9.18. The fourth-order valence-electron chi connectivity index (χ4n) is 2.59. The third-order valence-electron chi connectivity index (χ3n) is 3.86. The molecule has 2 aromatic carbocycles. The smallest absolute Gasteiger partial charge is 0.325 e. The summed E-state index contributed by atoms with van der Waals surface area (Å²) in [5.41, 5.74) is 1.51. The van der Waals surface area contributed by atoms with Gasteiger partial charge in [0.25, 0.3) is 0 Å². The molecule has 138 valence electrons. The number of hydrogen-bond donors (Lipinski definition) is 1. The van der Waals surface area contributed by atoms with Crippen LogP contribution in [0.1, 0.15) is 18.1 Å². The minimum atomic E-state index is -0.418. The molecule has 0 aliphatic carbocycles. The van der Waals surface area contributed by atoms with E-state index in [0.717, 1.165) is 11.1 Å². The lowest BCUT2D eigenvalue weighted by atomic mass is 10.1. The van der Waals surface area contributed by atoms with E-state index >= 15 is 0 Å². The second-order valence-corrected chi connectivity index (χ2v) is 6.77. The molecular weight excluding hydrogens is 349 g/mol. The Bertz CT molecular complexity index is 718. The van der Waals surface area contributed by atoms with Crippen molar-refractivity contribution in [2.45, 2.75) is 25.5 Å². The maximum Gasteiger partial charge on any atom is 0.325 e. The molecule has 5 nitrogen and oxygen atoms in total. The summed E-state index contributed by atoms with van der Waals surface area (Å²) in [7, 11) is 2.55. The number of phenolic OH excluding ortho intramolecular Hbond substituents is 1. The molecule has 1 amide bonds. The van der Waals surface area contributed by atoms with E-state index < -0.39 is 5.97 Å². The van der Waals surface area contributed by atoms with E-state index in [2.05, 4.69) is 9.24 Å². The molecule has 1 N–H and O–H groups in total. The van der Waals surface area contributed by atoms with Gasteiger partial charge < -0.3 is 14.7 Å². The third-order valence-corrected chi connectivity index (χ3v) is 4.38. The fourth-order valence-corrected chi connectivity index (χ4v) is 3.07. The Balaban J connectivity index is 2.09. The van der Waals surface area contributed by atoms with Gasteiger partial charge in [-0.1, -0.05) is 42.5 Å². The summed E-state index contributed by atoms with van der Waals surface area (Å²) >= 11 is 0. The number of esters is 1. The molecule has 0 saturated heterocycles. The highest BCUT2D eigenvalue weighted by atomic mass is 31.0. The van der Waals surface area contributed by atoms with Crippen molar-refractivity contribution in [2.75, 3.05) is 13.2 Å². The molecule has 26 heavy (non-hydrogen) atoms. The van der Waals surface area contributed by atoms with Gasteiger partial charge in [-0.15, -0.1) is 9.24 Å². The topological polar surface area (TPSA) is 66.8 Å².